The van der Waals surface area contributed by atoms with Crippen LogP contribution in [0, 0.1) is 0 Å². The van der Waals surface area contributed by atoms with Crippen molar-refractivity contribution in [3.63, 3.8) is 0 Å². The zero-order valence-corrected chi connectivity index (χ0v) is 17.7. The molecule has 0 aliphatic carbocycles. The Balaban J connectivity index is 0. The lowest BCUT2D eigenvalue weighted by Crippen LogP contribution is -2.74. The number of hydrogen-bond donors (Lipinski definition) is 2. The van der Waals surface area contributed by atoms with Gasteiger partial charge < -0.3 is 5.32 Å². The molecule has 4 nitrogen and oxygen atoms in total. The summed E-state index contributed by atoms with van der Waals surface area (Å²) in [6.07, 6.45) is -0.829. The predicted molar refractivity (Wildman–Crippen MR) is 90.0 cm³/mol. The fourth-order valence-electron chi connectivity index (χ4n) is 1.68. The predicted octanol–water partition coefficient (Wildman–Crippen LogP) is 5.58. The van der Waals surface area contributed by atoms with Gasteiger partial charge in [0.05, 0.1) is 0 Å². The van der Waals surface area contributed by atoms with Crippen molar-refractivity contribution in [2.24, 2.45) is 0 Å². The summed E-state index contributed by atoms with van der Waals surface area (Å²) in [5.41, 5.74) is 0. The van der Waals surface area contributed by atoms with Crippen LogP contribution in [0.15, 0.2) is 25.3 Å². The largest absolute Gasteiger partial charge is 0.438 e. The number of nitrogens with one attached hydrogen (secondary N) is 1. The van der Waals surface area contributed by atoms with Gasteiger partial charge in [0, 0.05) is 13.1 Å². The summed E-state index contributed by atoms with van der Waals surface area (Å²) < 4.78 is 222. The summed E-state index contributed by atoms with van der Waals surface area (Å²) in [6, 6.07) is 0. The van der Waals surface area contributed by atoms with E-state index in [2.05, 4.69) is 18.5 Å². The van der Waals surface area contributed by atoms with Gasteiger partial charge in [-0.05, 0) is 6.92 Å². The highest BCUT2D eigenvalue weighted by Crippen LogP contribution is 2.63. The topological polar surface area (TPSA) is 66.4 Å². The molecule has 35 heavy (non-hydrogen) atoms. The van der Waals surface area contributed by atoms with Crippen LogP contribution in [0.5, 0.6) is 0 Å². The van der Waals surface area contributed by atoms with Gasteiger partial charge in [0.1, 0.15) is 0 Å². The normalized spacial score (nSPS) is 15.7. The van der Waals surface area contributed by atoms with E-state index in [4.69, 9.17) is 4.55 Å². The third-order valence-electron chi connectivity index (χ3n) is 3.76. The van der Waals surface area contributed by atoms with E-state index in [9.17, 15) is 74.3 Å². The van der Waals surface area contributed by atoms with Crippen LogP contribution in [0.3, 0.4) is 0 Å². The van der Waals surface area contributed by atoms with E-state index in [1.807, 2.05) is 12.2 Å². The lowest BCUT2D eigenvalue weighted by molar-refractivity contribution is -0.438. The lowest BCUT2D eigenvalue weighted by atomic mass is 9.90. The summed E-state index contributed by atoms with van der Waals surface area (Å²) in [5.74, 6) is -48.5. The quantitative estimate of drug-likeness (QED) is 0.138. The molecule has 0 saturated carbocycles. The Morgan fingerprint density at radius 3 is 1.26 bits per heavy atom. The molecule has 0 rings (SSSR count). The van der Waals surface area contributed by atoms with Gasteiger partial charge in [-0.1, -0.05) is 12.2 Å². The van der Waals surface area contributed by atoms with E-state index in [1.165, 1.54) is 0 Å². The smallest absolute Gasteiger partial charge is 0.310 e. The highest BCUT2D eigenvalue weighted by Gasteiger charge is 2.94. The Kier molecular flexibility index (Phi) is 10.9. The third kappa shape index (κ3) is 5.83. The Morgan fingerprint density at radius 1 is 0.714 bits per heavy atom. The Morgan fingerprint density at radius 2 is 1.00 bits per heavy atom. The highest BCUT2D eigenvalue weighted by atomic mass is 32.2. The molecule has 0 saturated heterocycles. The first kappa shape index (κ1) is 35.5. The first-order chi connectivity index (χ1) is 15.1. The number of hydrogen-bond acceptors (Lipinski definition) is 3. The molecule has 0 aliphatic heterocycles. The van der Waals surface area contributed by atoms with Crippen molar-refractivity contribution in [1.29, 1.82) is 0 Å². The van der Waals surface area contributed by atoms with Crippen molar-refractivity contribution < 1.29 is 78.8 Å². The molecule has 0 heterocycles. The van der Waals surface area contributed by atoms with Crippen molar-refractivity contribution in [1.82, 2.24) is 5.32 Å². The van der Waals surface area contributed by atoms with E-state index in [0.29, 0.717) is 0 Å². The summed E-state index contributed by atoms with van der Waals surface area (Å²) in [4.78, 5) is 0. The van der Waals surface area contributed by atoms with Gasteiger partial charge >= 0.3 is 50.9 Å². The summed E-state index contributed by atoms with van der Waals surface area (Å²) in [6.45, 7) is 8.15. The van der Waals surface area contributed by atoms with Crippen LogP contribution < -0.4 is 5.32 Å². The SMILES string of the molecule is C=CCNCC=C.CC(F)C(F)(F)C(F)(F)C(F)(F)C(F)(F)C(F)(F)C(F)(F)C(F)(F)S(=O)(=O)O. The third-order valence-corrected chi connectivity index (χ3v) is 4.67. The van der Waals surface area contributed by atoms with Gasteiger partial charge in [-0.25, -0.2) is 4.39 Å². The molecule has 2 N–H and O–H groups in total. The zero-order chi connectivity index (χ0) is 29.1. The molecule has 210 valence electrons. The fraction of sp³-hybridized carbons (Fsp3) is 0.733. The maximum atomic E-state index is 13.2. The second kappa shape index (κ2) is 10.7. The van der Waals surface area contributed by atoms with Crippen LogP contribution >= 0.6 is 0 Å². The van der Waals surface area contributed by atoms with Gasteiger partial charge in [0.25, 0.3) is 0 Å². The van der Waals surface area contributed by atoms with Crippen LogP contribution in [-0.2, 0) is 10.1 Å². The van der Waals surface area contributed by atoms with Gasteiger partial charge in [-0.3, -0.25) is 4.55 Å². The molecular weight excluding hydrogens is 559 g/mol. The van der Waals surface area contributed by atoms with Gasteiger partial charge in [-0.2, -0.15) is 69.9 Å². The Bertz CT molecular complexity index is 833. The Hall–Kier alpha value is -1.70. The standard InChI is InChI=1S/C9H5F15O3S.C6H11N/c1-2(10)3(11,12)4(13,14)5(15,16)6(17,18)7(19,20)8(21,22)9(23,24)28(25,26)27;1-3-5-7-6-4-2/h2H,1H3,(H,25,26,27);3-4,7H,1-2,5-6H2. The molecule has 0 aliphatic rings. The van der Waals surface area contributed by atoms with E-state index in [1.54, 1.807) is 0 Å². The number of rotatable bonds is 12. The molecule has 0 aromatic heterocycles. The van der Waals surface area contributed by atoms with Gasteiger partial charge in [-0.15, -0.1) is 13.2 Å². The molecule has 0 amide bonds. The van der Waals surface area contributed by atoms with E-state index in [0.717, 1.165) is 13.1 Å². The first-order valence-corrected chi connectivity index (χ1v) is 9.73. The molecular formula is C15H16F15NO3S. The summed E-state index contributed by atoms with van der Waals surface area (Å²) in [7, 11) is -7.76. The lowest BCUT2D eigenvalue weighted by Gasteiger charge is -2.42. The summed E-state index contributed by atoms with van der Waals surface area (Å²) in [5, 5.41) is -4.64. The van der Waals surface area contributed by atoms with Crippen LogP contribution in [0.2, 0.25) is 0 Å². The zero-order valence-electron chi connectivity index (χ0n) is 16.9. The molecule has 0 aromatic carbocycles. The fourth-order valence-corrected chi connectivity index (χ4v) is 2.13. The van der Waals surface area contributed by atoms with Crippen LogP contribution in [-0.4, -0.2) is 73.0 Å². The second-order valence-corrected chi connectivity index (χ2v) is 7.80. The highest BCUT2D eigenvalue weighted by molar-refractivity contribution is 7.87. The molecule has 0 aromatic rings. The first-order valence-electron chi connectivity index (χ1n) is 8.29. The van der Waals surface area contributed by atoms with Crippen molar-refractivity contribution in [3.8, 4) is 0 Å². The van der Waals surface area contributed by atoms with E-state index in [-0.39, 0.29) is 0 Å². The minimum Gasteiger partial charge on any atom is -0.310 e. The van der Waals surface area contributed by atoms with Crippen LogP contribution in [0.25, 0.3) is 0 Å². The molecule has 0 spiro atoms. The van der Waals surface area contributed by atoms with Gasteiger partial charge in [0.2, 0.25) is 0 Å². The molecule has 1 atom stereocenters. The molecule has 0 fully saturated rings. The van der Waals surface area contributed by atoms with Crippen LogP contribution in [0.1, 0.15) is 6.92 Å². The van der Waals surface area contributed by atoms with Gasteiger partial charge in [0.15, 0.2) is 6.17 Å². The molecule has 0 radical (unpaired) electrons. The van der Waals surface area contributed by atoms with Crippen molar-refractivity contribution in [2.45, 2.75) is 53.9 Å². The van der Waals surface area contributed by atoms with Crippen molar-refractivity contribution in [2.75, 3.05) is 13.1 Å². The number of alkyl halides is 15. The monoisotopic (exact) mass is 575 g/mol. The molecule has 20 heteroatoms. The number of halogens is 15. The second-order valence-electron chi connectivity index (χ2n) is 6.34. The van der Waals surface area contributed by atoms with Crippen molar-refractivity contribution in [3.05, 3.63) is 25.3 Å². The average molecular weight is 575 g/mol. The average Bonchev–Trinajstić information content (AvgIpc) is 2.66. The maximum absolute atomic E-state index is 13.2. The molecule has 0 bridgehead atoms. The van der Waals surface area contributed by atoms with E-state index < -0.39 is 64.0 Å². The minimum absolute atomic E-state index is 0.651. The Labute approximate surface area is 187 Å². The summed E-state index contributed by atoms with van der Waals surface area (Å²) >= 11 is 0. The van der Waals surface area contributed by atoms with E-state index >= 15 is 0 Å². The minimum atomic E-state index is -8.54. The van der Waals surface area contributed by atoms with Crippen LogP contribution in [0.4, 0.5) is 65.9 Å². The molecule has 1 unspecified atom stereocenters. The maximum Gasteiger partial charge on any atom is 0.438 e. The van der Waals surface area contributed by atoms with Crippen molar-refractivity contribution >= 4 is 10.1 Å².